The Labute approximate surface area is 208 Å². The van der Waals surface area contributed by atoms with E-state index in [9.17, 15) is 9.59 Å². The van der Waals surface area contributed by atoms with Crippen molar-refractivity contribution in [2.45, 2.75) is 57.8 Å². The molecule has 2 aromatic rings. The molecular formula is C29H37N3O3. The zero-order valence-electron chi connectivity index (χ0n) is 20.7. The summed E-state index contributed by atoms with van der Waals surface area (Å²) in [6.07, 6.45) is 10.1. The molecule has 1 saturated heterocycles. The van der Waals surface area contributed by atoms with Crippen LogP contribution in [0.3, 0.4) is 0 Å². The molecule has 0 bridgehead atoms. The van der Waals surface area contributed by atoms with E-state index in [0.29, 0.717) is 25.3 Å². The number of likely N-dealkylation sites (tertiary alicyclic amines) is 1. The van der Waals surface area contributed by atoms with Gasteiger partial charge in [0.25, 0.3) is 5.91 Å². The van der Waals surface area contributed by atoms with Gasteiger partial charge in [0.05, 0.1) is 6.61 Å². The molecule has 2 aromatic carbocycles. The Kier molecular flexibility index (Phi) is 8.82. The lowest BCUT2D eigenvalue weighted by Gasteiger charge is -2.33. The average Bonchev–Trinajstić information content (AvgIpc) is 2.90. The highest BCUT2D eigenvalue weighted by Gasteiger charge is 2.25. The minimum absolute atomic E-state index is 0.0239. The highest BCUT2D eigenvalue weighted by Crippen LogP contribution is 2.28. The Balaban J connectivity index is 1.31. The summed E-state index contributed by atoms with van der Waals surface area (Å²) in [5, 5.41) is 6.07. The molecule has 1 atom stereocenters. The number of amides is 3. The third-order valence-corrected chi connectivity index (χ3v) is 6.86. The summed E-state index contributed by atoms with van der Waals surface area (Å²) in [4.78, 5) is 27.5. The number of hydrogen-bond donors (Lipinski definition) is 2. The summed E-state index contributed by atoms with van der Waals surface area (Å²) >= 11 is 0. The molecule has 6 heteroatoms. The fourth-order valence-corrected chi connectivity index (χ4v) is 4.94. The van der Waals surface area contributed by atoms with E-state index in [-0.39, 0.29) is 17.9 Å². The molecule has 1 aliphatic carbocycles. The Bertz CT molecular complexity index is 1030. The molecule has 3 amide bonds. The molecule has 6 nitrogen and oxygen atoms in total. The van der Waals surface area contributed by atoms with Gasteiger partial charge in [-0.15, -0.1) is 0 Å². The predicted octanol–water partition coefficient (Wildman–Crippen LogP) is 6.12. The summed E-state index contributed by atoms with van der Waals surface area (Å²) in [6.45, 7) is 4.61. The highest BCUT2D eigenvalue weighted by atomic mass is 16.5. The number of nitrogens with zero attached hydrogens (tertiary/aromatic N) is 1. The number of nitrogens with one attached hydrogen (secondary N) is 2. The maximum atomic E-state index is 12.9. The van der Waals surface area contributed by atoms with Crippen LogP contribution in [0.1, 0.15) is 73.7 Å². The average molecular weight is 476 g/mol. The maximum Gasteiger partial charge on any atom is 0.321 e. The third-order valence-electron chi connectivity index (χ3n) is 6.86. The summed E-state index contributed by atoms with van der Waals surface area (Å²) in [6, 6.07) is 15.2. The van der Waals surface area contributed by atoms with Gasteiger partial charge < -0.3 is 20.3 Å². The number of benzene rings is 2. The van der Waals surface area contributed by atoms with Crippen molar-refractivity contribution in [1.29, 1.82) is 0 Å². The molecule has 1 fully saturated rings. The lowest BCUT2D eigenvalue weighted by Crippen LogP contribution is -2.41. The fourth-order valence-electron chi connectivity index (χ4n) is 4.94. The Morgan fingerprint density at radius 2 is 1.94 bits per heavy atom. The minimum Gasteiger partial charge on any atom is -0.494 e. The van der Waals surface area contributed by atoms with Crippen LogP contribution in [0.15, 0.2) is 60.2 Å². The van der Waals surface area contributed by atoms with Crippen LogP contribution in [0.5, 0.6) is 5.75 Å². The zero-order valence-corrected chi connectivity index (χ0v) is 20.7. The molecule has 2 aliphatic rings. The van der Waals surface area contributed by atoms with Crippen molar-refractivity contribution in [3.8, 4) is 5.75 Å². The predicted molar refractivity (Wildman–Crippen MR) is 140 cm³/mol. The van der Waals surface area contributed by atoms with Crippen LogP contribution in [0, 0.1) is 0 Å². The molecule has 0 spiro atoms. The Morgan fingerprint density at radius 1 is 1.09 bits per heavy atom. The summed E-state index contributed by atoms with van der Waals surface area (Å²) in [5.74, 6) is 0.984. The van der Waals surface area contributed by atoms with E-state index in [4.69, 9.17) is 4.74 Å². The molecule has 2 N–H and O–H groups in total. The number of ether oxygens (including phenoxy) is 1. The van der Waals surface area contributed by atoms with Gasteiger partial charge in [0.2, 0.25) is 0 Å². The molecule has 35 heavy (non-hydrogen) atoms. The fraction of sp³-hybridized carbons (Fsp3) is 0.448. The van der Waals surface area contributed by atoms with Crippen molar-refractivity contribution in [1.82, 2.24) is 10.2 Å². The van der Waals surface area contributed by atoms with Crippen LogP contribution in [-0.4, -0.2) is 43.1 Å². The molecular weight excluding hydrogens is 438 g/mol. The Hall–Kier alpha value is -3.28. The number of allylic oxidation sites excluding steroid dienone is 1. The quantitative estimate of drug-likeness (QED) is 0.452. The van der Waals surface area contributed by atoms with Crippen LogP contribution in [0.25, 0.3) is 0 Å². The van der Waals surface area contributed by atoms with Gasteiger partial charge >= 0.3 is 6.03 Å². The number of anilines is 1. The van der Waals surface area contributed by atoms with Gasteiger partial charge in [-0.25, -0.2) is 4.79 Å². The highest BCUT2D eigenvalue weighted by molar-refractivity contribution is 5.94. The first-order valence-corrected chi connectivity index (χ1v) is 13.0. The van der Waals surface area contributed by atoms with E-state index in [2.05, 4.69) is 22.8 Å². The van der Waals surface area contributed by atoms with Crippen LogP contribution in [0.2, 0.25) is 0 Å². The zero-order chi connectivity index (χ0) is 24.5. The number of carbonyl (C=O) groups is 2. The summed E-state index contributed by atoms with van der Waals surface area (Å²) in [5.41, 5.74) is 4.03. The van der Waals surface area contributed by atoms with E-state index in [1.54, 1.807) is 0 Å². The van der Waals surface area contributed by atoms with Gasteiger partial charge in [-0.3, -0.25) is 4.79 Å². The lowest BCUT2D eigenvalue weighted by molar-refractivity contribution is 0.0953. The molecule has 0 unspecified atom stereocenters. The second-order valence-electron chi connectivity index (χ2n) is 9.41. The van der Waals surface area contributed by atoms with E-state index < -0.39 is 0 Å². The van der Waals surface area contributed by atoms with Crippen LogP contribution >= 0.6 is 0 Å². The van der Waals surface area contributed by atoms with E-state index in [1.807, 2.05) is 54.3 Å². The van der Waals surface area contributed by atoms with Crippen molar-refractivity contribution in [3.63, 3.8) is 0 Å². The monoisotopic (exact) mass is 475 g/mol. The number of carbonyl (C=O) groups excluding carboxylic acids is 2. The van der Waals surface area contributed by atoms with Gasteiger partial charge in [0.1, 0.15) is 5.75 Å². The van der Waals surface area contributed by atoms with Crippen molar-refractivity contribution < 1.29 is 14.3 Å². The van der Waals surface area contributed by atoms with E-state index in [0.717, 1.165) is 49.2 Å². The van der Waals surface area contributed by atoms with Crippen molar-refractivity contribution in [2.75, 3.05) is 31.6 Å². The summed E-state index contributed by atoms with van der Waals surface area (Å²) in [7, 11) is 0. The van der Waals surface area contributed by atoms with Gasteiger partial charge in [0, 0.05) is 36.8 Å². The third kappa shape index (κ3) is 7.10. The largest absolute Gasteiger partial charge is 0.494 e. The van der Waals surface area contributed by atoms with Gasteiger partial charge in [0.15, 0.2) is 0 Å². The van der Waals surface area contributed by atoms with Crippen molar-refractivity contribution >= 4 is 17.6 Å². The number of urea groups is 1. The second kappa shape index (κ2) is 12.4. The van der Waals surface area contributed by atoms with Gasteiger partial charge in [-0.05, 0) is 93.8 Å². The van der Waals surface area contributed by atoms with Crippen LogP contribution in [0.4, 0.5) is 10.5 Å². The normalized spacial score (nSPS) is 17.9. The SMILES string of the molecule is CCOc1ccc(NC(=O)N2CCC[C@H](c3cccc(C(=O)NCCC4=CCCCC4)c3)C2)cc1. The molecule has 0 aromatic heterocycles. The number of rotatable bonds is 8. The molecule has 186 valence electrons. The Morgan fingerprint density at radius 3 is 2.71 bits per heavy atom. The standard InChI is InChI=1S/C29H37N3O3/c1-2-35-27-15-13-26(14-16-27)31-29(34)32-19-7-12-25(21-32)23-10-6-11-24(20-23)28(33)30-18-17-22-8-4-3-5-9-22/h6,8,10-11,13-16,20,25H,2-5,7,9,12,17-19,21H2,1H3,(H,30,33)(H,31,34)/t25-/m0/s1. The van der Waals surface area contributed by atoms with Gasteiger partial charge in [-0.2, -0.15) is 0 Å². The molecule has 1 heterocycles. The van der Waals surface area contributed by atoms with Crippen molar-refractivity contribution in [2.24, 2.45) is 0 Å². The molecule has 4 rings (SSSR count). The van der Waals surface area contributed by atoms with E-state index in [1.165, 1.54) is 24.8 Å². The minimum atomic E-state index is -0.0928. The number of hydrogen-bond acceptors (Lipinski definition) is 3. The van der Waals surface area contributed by atoms with Gasteiger partial charge in [-0.1, -0.05) is 23.8 Å². The van der Waals surface area contributed by atoms with Crippen LogP contribution < -0.4 is 15.4 Å². The van der Waals surface area contributed by atoms with E-state index >= 15 is 0 Å². The lowest BCUT2D eigenvalue weighted by atomic mass is 9.89. The first kappa shape index (κ1) is 24.8. The van der Waals surface area contributed by atoms with Crippen molar-refractivity contribution in [3.05, 3.63) is 71.3 Å². The maximum absolute atomic E-state index is 12.9. The van der Waals surface area contributed by atoms with Crippen LogP contribution in [-0.2, 0) is 0 Å². The smallest absolute Gasteiger partial charge is 0.321 e. The second-order valence-corrected chi connectivity index (χ2v) is 9.41. The topological polar surface area (TPSA) is 70.7 Å². The molecule has 0 saturated carbocycles. The first-order valence-electron chi connectivity index (χ1n) is 13.0. The summed E-state index contributed by atoms with van der Waals surface area (Å²) < 4.78 is 5.47. The first-order chi connectivity index (χ1) is 17.1. The molecule has 0 radical (unpaired) electrons. The number of piperidine rings is 1. The molecule has 1 aliphatic heterocycles.